The summed E-state index contributed by atoms with van der Waals surface area (Å²) in [7, 11) is 1.46. The van der Waals surface area contributed by atoms with Gasteiger partial charge in [-0.05, 0) is 54.5 Å². The minimum absolute atomic E-state index is 0.175. The first-order valence-corrected chi connectivity index (χ1v) is 12.7. The molecule has 0 amide bonds. The van der Waals surface area contributed by atoms with E-state index in [4.69, 9.17) is 32.7 Å². The van der Waals surface area contributed by atoms with Gasteiger partial charge in [0, 0.05) is 34.1 Å². The van der Waals surface area contributed by atoms with Gasteiger partial charge in [-0.25, -0.2) is 0 Å². The summed E-state index contributed by atoms with van der Waals surface area (Å²) < 4.78 is 11.0. The number of halogens is 2. The molecule has 5 atom stereocenters. The minimum atomic E-state index is -1.06. The van der Waals surface area contributed by atoms with E-state index in [0.717, 1.165) is 5.56 Å². The lowest BCUT2D eigenvalue weighted by molar-refractivity contribution is -0.191. The van der Waals surface area contributed by atoms with Crippen molar-refractivity contribution in [3.63, 3.8) is 0 Å². The Morgan fingerprint density at radius 1 is 1.11 bits per heavy atom. The molecule has 0 aromatic heterocycles. The first-order chi connectivity index (χ1) is 16.9. The fourth-order valence-corrected chi connectivity index (χ4v) is 5.65. The van der Waals surface area contributed by atoms with Crippen molar-refractivity contribution in [1.29, 1.82) is 0 Å². The number of carboxylic acid groups (broad SMARTS) is 1. The van der Waals surface area contributed by atoms with E-state index in [-0.39, 0.29) is 18.9 Å². The number of hydrogen-bond donors (Lipinski definition) is 4. The van der Waals surface area contributed by atoms with Crippen LogP contribution in [0.25, 0.3) is 0 Å². The van der Waals surface area contributed by atoms with Crippen molar-refractivity contribution in [1.82, 2.24) is 5.32 Å². The molecule has 1 saturated carbocycles. The monoisotopic (exact) mass is 539 g/mol. The topological polar surface area (TPSA) is 108 Å². The van der Waals surface area contributed by atoms with E-state index in [1.54, 1.807) is 42.5 Å². The van der Waals surface area contributed by atoms with E-state index in [9.17, 15) is 20.1 Å². The maximum absolute atomic E-state index is 12.0. The first kappa shape index (κ1) is 28.7. The molecule has 4 N–H and O–H groups in total. The molecule has 198 valence electrons. The van der Waals surface area contributed by atoms with E-state index in [2.05, 4.69) is 5.32 Å². The Bertz CT molecular complexity index is 1030. The molecule has 0 spiro atoms. The van der Waals surface area contributed by atoms with Gasteiger partial charge in [0.05, 0.1) is 0 Å². The Morgan fingerprint density at radius 3 is 2.28 bits per heavy atom. The lowest BCUT2D eigenvalue weighted by Crippen LogP contribution is -2.53. The number of carboxylic acids is 1. The van der Waals surface area contributed by atoms with E-state index in [1.165, 1.54) is 7.11 Å². The predicted octanol–water partition coefficient (Wildman–Crippen LogP) is 4.88. The van der Waals surface area contributed by atoms with Crippen molar-refractivity contribution < 1.29 is 29.6 Å². The van der Waals surface area contributed by atoms with Crippen LogP contribution in [0.2, 0.25) is 10.0 Å². The molecule has 9 heteroatoms. The van der Waals surface area contributed by atoms with Crippen molar-refractivity contribution in [2.45, 2.75) is 65.2 Å². The van der Waals surface area contributed by atoms with Gasteiger partial charge in [-0.15, -0.1) is 0 Å². The summed E-state index contributed by atoms with van der Waals surface area (Å²) in [5, 5.41) is 35.2. The van der Waals surface area contributed by atoms with Crippen molar-refractivity contribution in [3.8, 4) is 5.75 Å². The fourth-order valence-electron chi connectivity index (χ4n) is 5.14. The maximum atomic E-state index is 12.0. The van der Waals surface area contributed by atoms with Crippen LogP contribution in [0.1, 0.15) is 44.7 Å². The van der Waals surface area contributed by atoms with Gasteiger partial charge in [0.2, 0.25) is 0 Å². The first-order valence-electron chi connectivity index (χ1n) is 11.9. The lowest BCUT2D eigenvalue weighted by atomic mass is 9.64. The Labute approximate surface area is 222 Å². The van der Waals surface area contributed by atoms with E-state index < -0.39 is 35.4 Å². The molecule has 1 fully saturated rings. The molecule has 1 aliphatic rings. The summed E-state index contributed by atoms with van der Waals surface area (Å²) in [5.41, 5.74) is 0.396. The van der Waals surface area contributed by atoms with Crippen molar-refractivity contribution in [2.24, 2.45) is 16.7 Å². The largest absolute Gasteiger partial charge is 0.489 e. The molecule has 0 radical (unpaired) electrons. The van der Waals surface area contributed by atoms with Crippen LogP contribution >= 0.6 is 23.2 Å². The number of aliphatic hydroxyl groups is 2. The minimum Gasteiger partial charge on any atom is -0.489 e. The summed E-state index contributed by atoms with van der Waals surface area (Å²) in [6.07, 6.45) is -0.582. The van der Waals surface area contributed by atoms with Crippen molar-refractivity contribution in [2.75, 3.05) is 7.11 Å². The predicted molar refractivity (Wildman–Crippen MR) is 139 cm³/mol. The molecule has 2 unspecified atom stereocenters. The Hall–Kier alpha value is -1.87. The lowest BCUT2D eigenvalue weighted by Gasteiger charge is -2.45. The Morgan fingerprint density at radius 2 is 1.72 bits per heavy atom. The van der Waals surface area contributed by atoms with Crippen LogP contribution in [0.15, 0.2) is 42.5 Å². The third-order valence-electron chi connectivity index (χ3n) is 8.00. The maximum Gasteiger partial charge on any atom is 0.321 e. The number of methoxy groups -OCH3 is 1. The van der Waals surface area contributed by atoms with Gasteiger partial charge < -0.3 is 24.8 Å². The quantitative estimate of drug-likeness (QED) is 0.301. The molecule has 0 aliphatic heterocycles. The zero-order valence-corrected chi connectivity index (χ0v) is 22.5. The second-order valence-corrected chi connectivity index (χ2v) is 11.0. The molecule has 7 nitrogen and oxygen atoms in total. The van der Waals surface area contributed by atoms with E-state index in [0.29, 0.717) is 34.2 Å². The van der Waals surface area contributed by atoms with Crippen LogP contribution in [0.3, 0.4) is 0 Å². The van der Waals surface area contributed by atoms with Gasteiger partial charge in [-0.1, -0.05) is 62.2 Å². The number of rotatable bonds is 11. The van der Waals surface area contributed by atoms with Crippen LogP contribution in [-0.2, 0) is 22.6 Å². The van der Waals surface area contributed by atoms with Gasteiger partial charge in [0.1, 0.15) is 24.6 Å². The number of aliphatic carboxylic acids is 1. The zero-order valence-electron chi connectivity index (χ0n) is 21.0. The molecule has 0 saturated heterocycles. The molecule has 2 aromatic rings. The summed E-state index contributed by atoms with van der Waals surface area (Å²) in [4.78, 5) is 12.0. The van der Waals surface area contributed by atoms with Gasteiger partial charge in [-0.3, -0.25) is 10.1 Å². The highest BCUT2D eigenvalue weighted by atomic mass is 35.5. The Kier molecular flexibility index (Phi) is 9.30. The molecule has 0 bridgehead atoms. The second-order valence-electron chi connectivity index (χ2n) is 10.2. The molecular formula is C27H35Cl2NO6. The summed E-state index contributed by atoms with van der Waals surface area (Å²) in [6.45, 7) is 6.09. The number of nitrogens with one attached hydrogen (secondary N) is 1. The molecular weight excluding hydrogens is 505 g/mol. The van der Waals surface area contributed by atoms with Gasteiger partial charge >= 0.3 is 5.97 Å². The van der Waals surface area contributed by atoms with Crippen LogP contribution in [0, 0.1) is 16.7 Å². The number of aliphatic hydroxyl groups excluding tert-OH is 2. The van der Waals surface area contributed by atoms with E-state index >= 15 is 0 Å². The number of benzene rings is 2. The van der Waals surface area contributed by atoms with Crippen LogP contribution in [0.5, 0.6) is 5.75 Å². The van der Waals surface area contributed by atoms with Crippen molar-refractivity contribution >= 4 is 29.2 Å². The SMILES string of the molecule is COC(O)[C@]1(C)CC[C@H](C(O)N[C@@H](Cc2ccc(OCc3c(Cl)cccc3Cl)cc2)C(=O)O)C1(C)C. The molecule has 1 aliphatic carbocycles. The summed E-state index contributed by atoms with van der Waals surface area (Å²) in [5.74, 6) is -0.724. The standard InChI is InChI=1S/C27H35Cl2NO6/c1-26(2)19(12-13-27(26,3)25(34)35-4)23(31)30-22(24(32)33)14-16-8-10-17(11-9-16)36-15-18-20(28)6-5-7-21(18)29/h5-11,19,22-23,25,30-31,34H,12-15H2,1-4H3,(H,32,33)/t19-,22+,23?,25?,27+/m1/s1. The van der Waals surface area contributed by atoms with Crippen molar-refractivity contribution in [3.05, 3.63) is 63.6 Å². The van der Waals surface area contributed by atoms with Gasteiger partial charge in [0.15, 0.2) is 6.29 Å². The highest BCUT2D eigenvalue weighted by molar-refractivity contribution is 6.35. The molecule has 2 aromatic carbocycles. The zero-order chi connectivity index (χ0) is 26.7. The highest BCUT2D eigenvalue weighted by Crippen LogP contribution is 2.58. The smallest absolute Gasteiger partial charge is 0.321 e. The van der Waals surface area contributed by atoms with Crippen LogP contribution in [-0.4, -0.2) is 47.0 Å². The summed E-state index contributed by atoms with van der Waals surface area (Å²) >= 11 is 12.4. The van der Waals surface area contributed by atoms with Gasteiger partial charge in [0.25, 0.3) is 0 Å². The van der Waals surface area contributed by atoms with E-state index in [1.807, 2.05) is 20.8 Å². The van der Waals surface area contributed by atoms with Crippen LogP contribution in [0.4, 0.5) is 0 Å². The van der Waals surface area contributed by atoms with Crippen LogP contribution < -0.4 is 10.1 Å². The highest BCUT2D eigenvalue weighted by Gasteiger charge is 2.57. The number of hydrogen-bond acceptors (Lipinski definition) is 6. The summed E-state index contributed by atoms with van der Waals surface area (Å²) in [6, 6.07) is 11.4. The number of ether oxygens (including phenoxy) is 2. The molecule has 0 heterocycles. The third-order valence-corrected chi connectivity index (χ3v) is 8.71. The average Bonchev–Trinajstić information content (AvgIpc) is 3.08. The second kappa shape index (κ2) is 11.7. The average molecular weight is 540 g/mol. The normalized spacial score (nSPS) is 23.7. The van der Waals surface area contributed by atoms with Gasteiger partial charge in [-0.2, -0.15) is 0 Å². The molecule has 36 heavy (non-hydrogen) atoms. The fraction of sp³-hybridized carbons (Fsp3) is 0.519. The third kappa shape index (κ3) is 5.98. The molecule has 3 rings (SSSR count). The Balaban J connectivity index is 1.63. The number of carbonyl (C=O) groups is 1.